The largest absolute Gasteiger partial charge is 1.00 e. The van der Waals surface area contributed by atoms with E-state index >= 15 is 0 Å². The van der Waals surface area contributed by atoms with E-state index < -0.39 is 16.6 Å². The van der Waals surface area contributed by atoms with Gasteiger partial charge in [0.25, 0.3) is 0 Å². The Kier molecular flexibility index (Phi) is 11.3. The number of hydrogen-bond donors (Lipinski definition) is 2. The van der Waals surface area contributed by atoms with Crippen LogP contribution in [0.25, 0.3) is 0 Å². The molecule has 0 fully saturated rings. The summed E-state index contributed by atoms with van der Waals surface area (Å²) in [4.78, 5) is 10.5. The van der Waals surface area contributed by atoms with Crippen molar-refractivity contribution in [2.75, 3.05) is 0 Å². The number of aromatic hydroxyl groups is 1. The minimum atomic E-state index is -3.11. The molecule has 0 bridgehead atoms. The van der Waals surface area contributed by atoms with Gasteiger partial charge >= 0.3 is 46.1 Å². The summed E-state index contributed by atoms with van der Waals surface area (Å²) in [5, 5.41) is 26.4. The summed E-state index contributed by atoms with van der Waals surface area (Å²) >= 11 is 0. The number of benzene rings is 2. The average molecular weight is 372 g/mol. The van der Waals surface area contributed by atoms with E-state index in [0.29, 0.717) is 17.8 Å². The van der Waals surface area contributed by atoms with E-state index in [2.05, 4.69) is 16.3 Å². The molecular weight excluding hydrogens is 359 g/mol. The summed E-state index contributed by atoms with van der Waals surface area (Å²) in [6.45, 7) is 0. The molecule has 0 spiro atoms. The molecule has 25 heavy (non-hydrogen) atoms. The zero-order valence-electron chi connectivity index (χ0n) is 13.3. The standard InChI is InChI=1S/C15H13N2O3.Na.O3S/c18-14-8-6-11(7-9-15(19)20)10-13(14)17-16-12-4-2-1-3-5-12;;1-4(2)3/h2-6,8,10,18H,7,9H2,(H,19,20);;/q-1;+1;. The maximum atomic E-state index is 10.5. The Morgan fingerprint density at radius 2 is 1.68 bits per heavy atom. The molecule has 2 aromatic rings. The quantitative estimate of drug-likeness (QED) is 0.418. The zero-order valence-corrected chi connectivity index (χ0v) is 16.1. The van der Waals surface area contributed by atoms with Crippen molar-refractivity contribution in [1.82, 2.24) is 0 Å². The van der Waals surface area contributed by atoms with Gasteiger partial charge in [-0.1, -0.05) is 6.07 Å². The van der Waals surface area contributed by atoms with Gasteiger partial charge in [0.2, 0.25) is 0 Å². The van der Waals surface area contributed by atoms with E-state index in [1.54, 1.807) is 36.4 Å². The zero-order chi connectivity index (χ0) is 17.9. The molecule has 10 heteroatoms. The Hall–Kier alpha value is -2.07. The van der Waals surface area contributed by atoms with E-state index in [1.165, 1.54) is 6.07 Å². The predicted octanol–water partition coefficient (Wildman–Crippen LogP) is -0.375. The van der Waals surface area contributed by atoms with Crippen LogP contribution in [-0.4, -0.2) is 28.8 Å². The van der Waals surface area contributed by atoms with E-state index in [0.717, 1.165) is 5.56 Å². The number of rotatable bonds is 5. The van der Waals surface area contributed by atoms with Gasteiger partial charge in [0, 0.05) is 6.42 Å². The van der Waals surface area contributed by atoms with Crippen LogP contribution < -0.4 is 29.6 Å². The van der Waals surface area contributed by atoms with Crippen LogP contribution in [0.15, 0.2) is 52.7 Å². The van der Waals surface area contributed by atoms with Crippen molar-refractivity contribution >= 4 is 28.0 Å². The smallest absolute Gasteiger partial charge is 0.506 e. The molecule has 8 nitrogen and oxygen atoms in total. The molecule has 0 saturated heterocycles. The molecule has 0 aliphatic heterocycles. The van der Waals surface area contributed by atoms with Crippen molar-refractivity contribution < 1.29 is 57.2 Å². The maximum absolute atomic E-state index is 10.5. The Balaban J connectivity index is 0.00000104. The predicted molar refractivity (Wildman–Crippen MR) is 83.2 cm³/mol. The molecule has 0 atom stereocenters. The first-order valence-corrected chi connectivity index (χ1v) is 7.57. The normalized spacial score (nSPS) is 9.60. The summed E-state index contributed by atoms with van der Waals surface area (Å²) in [6.07, 6.45) is 0.425. The molecular formula is C15H13N2NaO6S. The van der Waals surface area contributed by atoms with Crippen LogP contribution in [0.4, 0.5) is 11.4 Å². The van der Waals surface area contributed by atoms with Gasteiger partial charge in [-0.3, -0.25) is 4.79 Å². The SMILES string of the molecule is O=C(O)CCc1ccc(O)c(N=Nc2cc[c-]cc2)c1.O=S(=O)=O.[Na+]. The van der Waals surface area contributed by atoms with Gasteiger partial charge in [0.15, 0.2) is 0 Å². The molecule has 0 radical (unpaired) electrons. The summed E-state index contributed by atoms with van der Waals surface area (Å²) < 4.78 is 25.3. The van der Waals surface area contributed by atoms with Crippen molar-refractivity contribution in [2.45, 2.75) is 12.8 Å². The second kappa shape index (κ2) is 12.3. The summed E-state index contributed by atoms with van der Waals surface area (Å²) in [7, 11) is -3.11. The van der Waals surface area contributed by atoms with Crippen LogP contribution in [0.5, 0.6) is 5.75 Å². The van der Waals surface area contributed by atoms with Gasteiger partial charge in [0.1, 0.15) is 11.4 Å². The molecule has 0 saturated carbocycles. The number of aryl methyl sites for hydroxylation is 1. The number of nitrogens with zero attached hydrogens (tertiary/aromatic N) is 2. The summed E-state index contributed by atoms with van der Waals surface area (Å²) in [5.41, 5.74) is 1.76. The third-order valence-electron chi connectivity index (χ3n) is 2.64. The van der Waals surface area contributed by atoms with Crippen LogP contribution in [0.3, 0.4) is 0 Å². The number of carbonyl (C=O) groups is 1. The number of carboxylic acids is 1. The van der Waals surface area contributed by atoms with Crippen molar-refractivity contribution in [1.29, 1.82) is 0 Å². The first-order chi connectivity index (χ1) is 11.4. The molecule has 2 N–H and O–H groups in total. The van der Waals surface area contributed by atoms with E-state index in [-0.39, 0.29) is 41.7 Å². The molecule has 0 amide bonds. The number of aliphatic carboxylic acids is 1. The van der Waals surface area contributed by atoms with Crippen molar-refractivity contribution in [3.63, 3.8) is 0 Å². The molecule has 2 rings (SSSR count). The molecule has 0 unspecified atom stereocenters. The van der Waals surface area contributed by atoms with Gasteiger partial charge in [-0.05, 0) is 29.8 Å². The summed E-state index contributed by atoms with van der Waals surface area (Å²) in [5.74, 6) is -0.850. The van der Waals surface area contributed by atoms with Crippen LogP contribution in [0.1, 0.15) is 12.0 Å². The number of phenolic OH excluding ortho intramolecular Hbond substituents is 1. The fourth-order valence-electron chi connectivity index (χ4n) is 1.61. The fraction of sp³-hybridized carbons (Fsp3) is 0.133. The minimum Gasteiger partial charge on any atom is -0.506 e. The van der Waals surface area contributed by atoms with Crippen LogP contribution in [0.2, 0.25) is 0 Å². The van der Waals surface area contributed by atoms with Gasteiger partial charge in [0.05, 0.1) is 0 Å². The number of azo groups is 1. The molecule has 2 aromatic carbocycles. The minimum absolute atomic E-state index is 0. The molecule has 0 aromatic heterocycles. The summed E-state index contributed by atoms with van der Waals surface area (Å²) in [6, 6.07) is 14.6. The van der Waals surface area contributed by atoms with Gasteiger partial charge in [-0.25, -0.2) is 0 Å². The van der Waals surface area contributed by atoms with Crippen molar-refractivity contribution in [3.05, 3.63) is 54.1 Å². The Morgan fingerprint density at radius 3 is 2.24 bits per heavy atom. The van der Waals surface area contributed by atoms with Crippen molar-refractivity contribution in [3.8, 4) is 5.75 Å². The molecule has 126 valence electrons. The Morgan fingerprint density at radius 1 is 1.08 bits per heavy atom. The first-order valence-electron chi connectivity index (χ1n) is 6.57. The topological polar surface area (TPSA) is 133 Å². The monoisotopic (exact) mass is 372 g/mol. The molecule has 0 aliphatic rings. The third kappa shape index (κ3) is 10.4. The molecule has 0 aliphatic carbocycles. The number of phenols is 1. The van der Waals surface area contributed by atoms with Gasteiger partial charge in [-0.15, -0.1) is 29.9 Å². The second-order valence-corrected chi connectivity index (χ2v) is 4.79. The number of hydrogen-bond acceptors (Lipinski definition) is 7. The van der Waals surface area contributed by atoms with Crippen molar-refractivity contribution in [2.24, 2.45) is 10.2 Å². The maximum Gasteiger partial charge on any atom is 1.00 e. The fourth-order valence-corrected chi connectivity index (χ4v) is 1.61. The number of carboxylic acid groups (broad SMARTS) is 1. The van der Waals surface area contributed by atoms with Gasteiger partial charge < -0.3 is 10.2 Å². The van der Waals surface area contributed by atoms with Crippen LogP contribution in [0, 0.1) is 6.07 Å². The Labute approximate surface area is 167 Å². The van der Waals surface area contributed by atoms with Crippen LogP contribution >= 0.6 is 0 Å². The van der Waals surface area contributed by atoms with Gasteiger partial charge in [-0.2, -0.15) is 23.3 Å². The molecule has 0 heterocycles. The third-order valence-corrected chi connectivity index (χ3v) is 2.64. The van der Waals surface area contributed by atoms with E-state index in [9.17, 15) is 9.90 Å². The second-order valence-electron chi connectivity index (χ2n) is 4.38. The first kappa shape index (κ1) is 22.9. The van der Waals surface area contributed by atoms with E-state index in [1.807, 2.05) is 0 Å². The average Bonchev–Trinajstić information content (AvgIpc) is 2.53. The van der Waals surface area contributed by atoms with E-state index in [4.69, 9.17) is 17.7 Å². The van der Waals surface area contributed by atoms with Crippen LogP contribution in [-0.2, 0) is 21.8 Å². The Bertz CT molecular complexity index is 819.